The van der Waals surface area contributed by atoms with Crippen molar-refractivity contribution in [3.05, 3.63) is 0 Å². The van der Waals surface area contributed by atoms with Gasteiger partial charge in [-0.2, -0.15) is 0 Å². The predicted molar refractivity (Wildman–Crippen MR) is 65.1 cm³/mol. The summed E-state index contributed by atoms with van der Waals surface area (Å²) in [5.41, 5.74) is 0. The molecule has 90 valence electrons. The topological polar surface area (TPSA) is 21.3 Å². The zero-order valence-electron chi connectivity index (χ0n) is 10.4. The number of hydrogen-bond donors (Lipinski definition) is 1. The Balaban J connectivity index is 1.84. The van der Waals surface area contributed by atoms with Gasteiger partial charge in [0.05, 0.1) is 12.7 Å². The van der Waals surface area contributed by atoms with Crippen LogP contribution in [0, 0.1) is 5.92 Å². The Morgan fingerprint density at radius 1 is 1.33 bits per heavy atom. The van der Waals surface area contributed by atoms with Gasteiger partial charge in [0, 0.05) is 6.54 Å². The lowest BCUT2D eigenvalue weighted by Crippen LogP contribution is -2.26. The molecule has 0 aromatic rings. The summed E-state index contributed by atoms with van der Waals surface area (Å²) in [5, 5.41) is 3.47. The fourth-order valence-corrected chi connectivity index (χ4v) is 2.30. The van der Waals surface area contributed by atoms with Crippen LogP contribution in [-0.2, 0) is 4.74 Å². The van der Waals surface area contributed by atoms with Crippen molar-refractivity contribution >= 4 is 0 Å². The van der Waals surface area contributed by atoms with E-state index in [-0.39, 0.29) is 0 Å². The minimum absolute atomic E-state index is 0.569. The Hall–Kier alpha value is -0.0800. The Labute approximate surface area is 94.8 Å². The van der Waals surface area contributed by atoms with Crippen LogP contribution in [0.25, 0.3) is 0 Å². The van der Waals surface area contributed by atoms with E-state index in [4.69, 9.17) is 4.74 Å². The highest BCUT2D eigenvalue weighted by Crippen LogP contribution is 2.20. The van der Waals surface area contributed by atoms with Crippen LogP contribution in [0.1, 0.15) is 52.4 Å². The highest BCUT2D eigenvalue weighted by atomic mass is 16.5. The van der Waals surface area contributed by atoms with Gasteiger partial charge in [0.25, 0.3) is 0 Å². The van der Waals surface area contributed by atoms with Crippen molar-refractivity contribution in [2.75, 3.05) is 19.7 Å². The molecule has 0 amide bonds. The highest BCUT2D eigenvalue weighted by Gasteiger charge is 2.14. The fraction of sp³-hybridized carbons (Fsp3) is 1.00. The molecule has 0 radical (unpaired) electrons. The molecule has 1 rings (SSSR count). The first kappa shape index (κ1) is 13.0. The van der Waals surface area contributed by atoms with Crippen LogP contribution in [-0.4, -0.2) is 25.8 Å². The largest absolute Gasteiger partial charge is 0.377 e. The van der Waals surface area contributed by atoms with Crippen molar-refractivity contribution in [1.29, 1.82) is 0 Å². The molecule has 1 aliphatic rings. The molecule has 0 saturated heterocycles. The van der Waals surface area contributed by atoms with E-state index in [1.54, 1.807) is 0 Å². The molecule has 1 saturated carbocycles. The van der Waals surface area contributed by atoms with Gasteiger partial charge in [0.15, 0.2) is 0 Å². The molecule has 1 fully saturated rings. The maximum absolute atomic E-state index is 5.78. The predicted octanol–water partition coefficient (Wildman–Crippen LogP) is 2.97. The third-order valence-electron chi connectivity index (χ3n) is 3.21. The van der Waals surface area contributed by atoms with Gasteiger partial charge in [-0.3, -0.25) is 0 Å². The molecule has 0 aromatic carbocycles. The van der Waals surface area contributed by atoms with Gasteiger partial charge in [0.2, 0.25) is 0 Å². The van der Waals surface area contributed by atoms with E-state index >= 15 is 0 Å². The second-order valence-corrected chi connectivity index (χ2v) is 4.88. The molecule has 0 spiro atoms. The summed E-state index contributed by atoms with van der Waals surface area (Å²) in [7, 11) is 0. The Morgan fingerprint density at radius 3 is 2.73 bits per heavy atom. The van der Waals surface area contributed by atoms with E-state index < -0.39 is 0 Å². The molecular formula is C13H27NO. The van der Waals surface area contributed by atoms with Gasteiger partial charge >= 0.3 is 0 Å². The minimum atomic E-state index is 0.569. The summed E-state index contributed by atoms with van der Waals surface area (Å²) in [6.45, 7) is 7.62. The summed E-state index contributed by atoms with van der Waals surface area (Å²) >= 11 is 0. The normalized spacial score (nSPS) is 19.6. The molecule has 1 N–H and O–H groups in total. The third-order valence-corrected chi connectivity index (χ3v) is 3.21. The third kappa shape index (κ3) is 6.16. The van der Waals surface area contributed by atoms with E-state index in [1.165, 1.54) is 38.5 Å². The van der Waals surface area contributed by atoms with Gasteiger partial charge in [-0.1, -0.05) is 33.1 Å². The Bertz CT molecular complexity index is 143. The summed E-state index contributed by atoms with van der Waals surface area (Å²) in [5.74, 6) is 0.807. The lowest BCUT2D eigenvalue weighted by atomic mass is 10.1. The summed E-state index contributed by atoms with van der Waals surface area (Å²) in [6.07, 6.45) is 8.49. The maximum atomic E-state index is 5.78. The van der Waals surface area contributed by atoms with Crippen molar-refractivity contribution < 1.29 is 4.74 Å². The second kappa shape index (κ2) is 8.12. The molecule has 1 atom stereocenters. The number of rotatable bonds is 8. The average molecular weight is 213 g/mol. The van der Waals surface area contributed by atoms with Crippen LogP contribution in [0.5, 0.6) is 0 Å². The monoisotopic (exact) mass is 213 g/mol. The number of hydrogen-bond acceptors (Lipinski definition) is 2. The molecule has 0 aliphatic heterocycles. The molecule has 2 heteroatoms. The molecule has 0 heterocycles. The highest BCUT2D eigenvalue weighted by molar-refractivity contribution is 4.66. The zero-order valence-corrected chi connectivity index (χ0v) is 10.4. The number of nitrogens with one attached hydrogen (secondary N) is 1. The quantitative estimate of drug-likeness (QED) is 0.626. The van der Waals surface area contributed by atoms with Crippen molar-refractivity contribution in [1.82, 2.24) is 5.32 Å². The summed E-state index contributed by atoms with van der Waals surface area (Å²) < 4.78 is 5.78. The standard InChI is InChI=1S/C13H27NO/c1-3-6-12(2)11-14-9-10-15-13-7-4-5-8-13/h12-14H,3-11H2,1-2H3. The zero-order chi connectivity index (χ0) is 10.9. The van der Waals surface area contributed by atoms with Crippen LogP contribution in [0.4, 0.5) is 0 Å². The Kier molecular flexibility index (Phi) is 7.03. The lowest BCUT2D eigenvalue weighted by Gasteiger charge is -2.13. The van der Waals surface area contributed by atoms with E-state index in [2.05, 4.69) is 19.2 Å². The van der Waals surface area contributed by atoms with E-state index in [1.807, 2.05) is 0 Å². The second-order valence-electron chi connectivity index (χ2n) is 4.88. The van der Waals surface area contributed by atoms with Crippen LogP contribution >= 0.6 is 0 Å². The first-order valence-electron chi connectivity index (χ1n) is 6.65. The van der Waals surface area contributed by atoms with Crippen molar-refractivity contribution in [2.24, 2.45) is 5.92 Å². The molecule has 1 unspecified atom stereocenters. The molecule has 0 bridgehead atoms. The van der Waals surface area contributed by atoms with Crippen LogP contribution in [0.3, 0.4) is 0 Å². The first-order valence-corrected chi connectivity index (χ1v) is 6.65. The average Bonchev–Trinajstić information content (AvgIpc) is 2.70. The smallest absolute Gasteiger partial charge is 0.0594 e. The minimum Gasteiger partial charge on any atom is -0.377 e. The fourth-order valence-electron chi connectivity index (χ4n) is 2.30. The first-order chi connectivity index (χ1) is 7.33. The Morgan fingerprint density at radius 2 is 2.07 bits per heavy atom. The summed E-state index contributed by atoms with van der Waals surface area (Å²) in [4.78, 5) is 0. The molecule has 2 nitrogen and oxygen atoms in total. The van der Waals surface area contributed by atoms with Crippen LogP contribution < -0.4 is 5.32 Å². The van der Waals surface area contributed by atoms with Gasteiger partial charge in [-0.25, -0.2) is 0 Å². The van der Waals surface area contributed by atoms with Crippen molar-refractivity contribution in [2.45, 2.75) is 58.5 Å². The van der Waals surface area contributed by atoms with Gasteiger partial charge in [0.1, 0.15) is 0 Å². The van der Waals surface area contributed by atoms with Crippen molar-refractivity contribution in [3.63, 3.8) is 0 Å². The molecule has 1 aliphatic carbocycles. The van der Waals surface area contributed by atoms with Crippen molar-refractivity contribution in [3.8, 4) is 0 Å². The molecular weight excluding hydrogens is 186 g/mol. The maximum Gasteiger partial charge on any atom is 0.0594 e. The van der Waals surface area contributed by atoms with Crippen LogP contribution in [0.2, 0.25) is 0 Å². The SMILES string of the molecule is CCCC(C)CNCCOC1CCCC1. The van der Waals surface area contributed by atoms with E-state index in [0.717, 1.165) is 25.6 Å². The summed E-state index contributed by atoms with van der Waals surface area (Å²) in [6, 6.07) is 0. The van der Waals surface area contributed by atoms with Gasteiger partial charge in [-0.15, -0.1) is 0 Å². The number of ether oxygens (including phenoxy) is 1. The van der Waals surface area contributed by atoms with E-state index in [9.17, 15) is 0 Å². The van der Waals surface area contributed by atoms with Gasteiger partial charge in [-0.05, 0) is 31.7 Å². The molecule has 0 aromatic heterocycles. The van der Waals surface area contributed by atoms with Crippen LogP contribution in [0.15, 0.2) is 0 Å². The van der Waals surface area contributed by atoms with Gasteiger partial charge < -0.3 is 10.1 Å². The lowest BCUT2D eigenvalue weighted by molar-refractivity contribution is 0.0600. The molecule has 15 heavy (non-hydrogen) atoms. The van der Waals surface area contributed by atoms with E-state index in [0.29, 0.717) is 6.10 Å².